The highest BCUT2D eigenvalue weighted by Crippen LogP contribution is 2.20. The first-order valence-corrected chi connectivity index (χ1v) is 8.23. The third kappa shape index (κ3) is 2.83. The van der Waals surface area contributed by atoms with Crippen molar-refractivity contribution in [2.45, 2.75) is 13.0 Å². The molecule has 1 amide bonds. The van der Waals surface area contributed by atoms with E-state index >= 15 is 0 Å². The molecule has 7 nitrogen and oxygen atoms in total. The Morgan fingerprint density at radius 2 is 2.08 bits per heavy atom. The molecule has 4 aromatic rings. The molecule has 1 aromatic carbocycles. The minimum absolute atomic E-state index is 0.197. The minimum atomic E-state index is -0.418. The van der Waals surface area contributed by atoms with E-state index in [0.29, 0.717) is 17.4 Å². The third-order valence-electron chi connectivity index (χ3n) is 4.26. The number of nitrogens with one attached hydrogen (secondary N) is 1. The van der Waals surface area contributed by atoms with Crippen LogP contribution in [0.15, 0.2) is 59.4 Å². The Balaban J connectivity index is 1.54. The predicted molar refractivity (Wildman–Crippen MR) is 96.3 cm³/mol. The molecule has 0 radical (unpaired) electrons. The van der Waals surface area contributed by atoms with Gasteiger partial charge in [-0.3, -0.25) is 9.78 Å². The molecule has 0 saturated heterocycles. The number of aryl methyl sites for hydroxylation is 1. The van der Waals surface area contributed by atoms with Crippen molar-refractivity contribution < 1.29 is 9.32 Å². The number of para-hydroxylation sites is 1. The first kappa shape index (κ1) is 16.0. The number of hydrogen-bond acceptors (Lipinski definition) is 5. The highest BCUT2D eigenvalue weighted by Gasteiger charge is 2.20. The lowest BCUT2D eigenvalue weighted by molar-refractivity contribution is 0.0924. The Bertz CT molecular complexity index is 1070. The first-order valence-electron chi connectivity index (χ1n) is 8.23. The molecular formula is C19H17N5O2. The van der Waals surface area contributed by atoms with Crippen molar-refractivity contribution in [2.75, 3.05) is 0 Å². The molecule has 0 aliphatic rings. The lowest BCUT2D eigenvalue weighted by Crippen LogP contribution is -2.28. The second kappa shape index (κ2) is 6.44. The largest absolute Gasteiger partial charge is 0.340 e. The number of rotatable bonds is 4. The van der Waals surface area contributed by atoms with Crippen LogP contribution in [-0.4, -0.2) is 25.6 Å². The van der Waals surface area contributed by atoms with Crippen molar-refractivity contribution >= 4 is 16.8 Å². The Labute approximate surface area is 149 Å². The lowest BCUT2D eigenvalue weighted by Gasteiger charge is -2.10. The number of benzene rings is 1. The molecule has 7 heteroatoms. The van der Waals surface area contributed by atoms with Crippen molar-refractivity contribution in [3.05, 3.63) is 66.4 Å². The van der Waals surface area contributed by atoms with E-state index in [9.17, 15) is 4.79 Å². The quantitative estimate of drug-likeness (QED) is 0.613. The first-order chi connectivity index (χ1) is 12.6. The van der Waals surface area contributed by atoms with E-state index in [1.165, 1.54) is 0 Å². The molecule has 1 N–H and O–H groups in total. The van der Waals surface area contributed by atoms with Crippen LogP contribution in [0.4, 0.5) is 0 Å². The summed E-state index contributed by atoms with van der Waals surface area (Å²) in [5, 5.41) is 7.88. The molecule has 0 bridgehead atoms. The second-order valence-corrected chi connectivity index (χ2v) is 6.04. The molecule has 130 valence electrons. The van der Waals surface area contributed by atoms with Crippen LogP contribution in [0.3, 0.4) is 0 Å². The molecule has 26 heavy (non-hydrogen) atoms. The Morgan fingerprint density at radius 1 is 1.23 bits per heavy atom. The number of aromatic nitrogens is 4. The van der Waals surface area contributed by atoms with Crippen LogP contribution < -0.4 is 5.32 Å². The van der Waals surface area contributed by atoms with Gasteiger partial charge in [-0.2, -0.15) is 4.98 Å². The number of carbonyl (C=O) groups excluding carboxylic acids is 1. The molecule has 0 spiro atoms. The Hall–Kier alpha value is -3.48. The van der Waals surface area contributed by atoms with Crippen LogP contribution in [0.2, 0.25) is 0 Å². The third-order valence-corrected chi connectivity index (χ3v) is 4.26. The van der Waals surface area contributed by atoms with Crippen molar-refractivity contribution in [1.82, 2.24) is 25.0 Å². The zero-order valence-electron chi connectivity index (χ0n) is 14.4. The molecule has 1 atom stereocenters. The van der Waals surface area contributed by atoms with Gasteiger partial charge in [-0.15, -0.1) is 0 Å². The average molecular weight is 347 g/mol. The average Bonchev–Trinajstić information content (AvgIpc) is 3.28. The minimum Gasteiger partial charge on any atom is -0.340 e. The van der Waals surface area contributed by atoms with Crippen molar-refractivity contribution in [3.63, 3.8) is 0 Å². The zero-order valence-corrected chi connectivity index (χ0v) is 14.4. The van der Waals surface area contributed by atoms with Crippen LogP contribution in [0.25, 0.3) is 22.3 Å². The van der Waals surface area contributed by atoms with Crippen LogP contribution >= 0.6 is 0 Å². The van der Waals surface area contributed by atoms with Gasteiger partial charge in [0.1, 0.15) is 11.7 Å². The summed E-state index contributed by atoms with van der Waals surface area (Å²) in [5.74, 6) is 0.590. The van der Waals surface area contributed by atoms with Gasteiger partial charge in [-0.25, -0.2) is 0 Å². The fraction of sp³-hybridized carbons (Fsp3) is 0.158. The normalized spacial score (nSPS) is 12.2. The smallest absolute Gasteiger partial charge is 0.268 e. The number of nitrogens with zero attached hydrogens (tertiary/aromatic N) is 4. The number of amides is 1. The summed E-state index contributed by atoms with van der Waals surface area (Å²) in [6, 6.07) is 13.0. The SMILES string of the molecule is C[C@@H](NC(=O)c1cc2ccccc2n1C)c1nc(-c2cccnc2)no1. The molecule has 0 fully saturated rings. The molecular weight excluding hydrogens is 330 g/mol. The predicted octanol–water partition coefficient (Wildman–Crippen LogP) is 3.11. The summed E-state index contributed by atoms with van der Waals surface area (Å²) in [6.45, 7) is 1.81. The number of pyridine rings is 1. The topological polar surface area (TPSA) is 85.8 Å². The summed E-state index contributed by atoms with van der Waals surface area (Å²) in [5.41, 5.74) is 2.33. The highest BCUT2D eigenvalue weighted by atomic mass is 16.5. The maximum absolute atomic E-state index is 12.7. The second-order valence-electron chi connectivity index (χ2n) is 6.04. The maximum atomic E-state index is 12.7. The molecule has 3 aromatic heterocycles. The van der Waals surface area contributed by atoms with Crippen LogP contribution in [0, 0.1) is 0 Å². The van der Waals surface area contributed by atoms with Crippen molar-refractivity contribution in [3.8, 4) is 11.4 Å². The number of carbonyl (C=O) groups is 1. The van der Waals surface area contributed by atoms with Gasteiger partial charge in [-0.1, -0.05) is 23.4 Å². The fourth-order valence-electron chi connectivity index (χ4n) is 2.86. The highest BCUT2D eigenvalue weighted by molar-refractivity contribution is 5.98. The van der Waals surface area contributed by atoms with Gasteiger partial charge in [0.25, 0.3) is 5.91 Å². The van der Waals surface area contributed by atoms with Crippen LogP contribution in [-0.2, 0) is 7.05 Å². The van der Waals surface area contributed by atoms with E-state index in [0.717, 1.165) is 16.5 Å². The molecule has 3 heterocycles. The summed E-state index contributed by atoms with van der Waals surface area (Å²) < 4.78 is 7.16. The van der Waals surface area contributed by atoms with E-state index in [1.54, 1.807) is 25.4 Å². The summed E-state index contributed by atoms with van der Waals surface area (Å²) in [6.07, 6.45) is 3.34. The summed E-state index contributed by atoms with van der Waals surface area (Å²) in [7, 11) is 1.87. The summed E-state index contributed by atoms with van der Waals surface area (Å²) in [4.78, 5) is 21.1. The van der Waals surface area contributed by atoms with Crippen LogP contribution in [0.5, 0.6) is 0 Å². The van der Waals surface area contributed by atoms with E-state index in [2.05, 4.69) is 20.4 Å². The van der Waals surface area contributed by atoms with Crippen molar-refractivity contribution in [2.24, 2.45) is 7.05 Å². The van der Waals surface area contributed by atoms with Gasteiger partial charge in [0.05, 0.1) is 0 Å². The van der Waals surface area contributed by atoms with E-state index in [-0.39, 0.29) is 5.91 Å². The van der Waals surface area contributed by atoms with E-state index in [4.69, 9.17) is 4.52 Å². The Morgan fingerprint density at radius 3 is 2.85 bits per heavy atom. The summed E-state index contributed by atoms with van der Waals surface area (Å²) >= 11 is 0. The molecule has 0 unspecified atom stereocenters. The molecule has 0 saturated carbocycles. The van der Waals surface area contributed by atoms with Gasteiger partial charge in [0, 0.05) is 35.9 Å². The van der Waals surface area contributed by atoms with Crippen LogP contribution in [0.1, 0.15) is 29.3 Å². The Kier molecular flexibility index (Phi) is 3.96. The number of hydrogen-bond donors (Lipinski definition) is 1. The number of fused-ring (bicyclic) bond motifs is 1. The van der Waals surface area contributed by atoms with Gasteiger partial charge >= 0.3 is 0 Å². The monoisotopic (exact) mass is 347 g/mol. The van der Waals surface area contributed by atoms with Gasteiger partial charge in [-0.05, 0) is 31.2 Å². The van der Waals surface area contributed by atoms with Gasteiger partial charge in [0.2, 0.25) is 11.7 Å². The van der Waals surface area contributed by atoms with Crippen molar-refractivity contribution in [1.29, 1.82) is 0 Å². The molecule has 0 aliphatic heterocycles. The van der Waals surface area contributed by atoms with E-state index < -0.39 is 6.04 Å². The van der Waals surface area contributed by atoms with E-state index in [1.807, 2.05) is 48.0 Å². The molecule has 4 rings (SSSR count). The lowest BCUT2D eigenvalue weighted by atomic mass is 10.2. The zero-order chi connectivity index (χ0) is 18.1. The standard InChI is InChI=1S/C19H17N5O2/c1-12(19-22-17(23-26-19)14-7-5-9-20-11-14)21-18(25)16-10-13-6-3-4-8-15(13)24(16)2/h3-12H,1-2H3,(H,21,25)/t12-/m1/s1. The van der Waals surface area contributed by atoms with Gasteiger partial charge in [0.15, 0.2) is 0 Å². The maximum Gasteiger partial charge on any atom is 0.268 e. The molecule has 0 aliphatic carbocycles. The fourth-order valence-corrected chi connectivity index (χ4v) is 2.86. The van der Waals surface area contributed by atoms with Gasteiger partial charge < -0.3 is 14.4 Å².